The van der Waals surface area contributed by atoms with Crippen LogP contribution in [0.4, 0.5) is 0 Å². The van der Waals surface area contributed by atoms with Gasteiger partial charge in [0, 0.05) is 11.8 Å². The molecule has 90 valence electrons. The number of carbonyl (C=O) groups is 1. The molecule has 0 atom stereocenters. The Labute approximate surface area is 107 Å². The van der Waals surface area contributed by atoms with E-state index in [4.69, 9.17) is 0 Å². The first-order valence-corrected chi connectivity index (χ1v) is 5.85. The fourth-order valence-electron chi connectivity index (χ4n) is 1.56. The number of hydrogen-bond acceptors (Lipinski definition) is 1. The van der Waals surface area contributed by atoms with E-state index in [-0.39, 0.29) is 5.91 Å². The number of rotatable bonds is 3. The van der Waals surface area contributed by atoms with Crippen LogP contribution in [-0.4, -0.2) is 5.91 Å². The van der Waals surface area contributed by atoms with E-state index in [1.54, 1.807) is 18.3 Å². The lowest BCUT2D eigenvalue weighted by molar-refractivity contribution is 0.0970. The van der Waals surface area contributed by atoms with E-state index >= 15 is 0 Å². The third-order valence-corrected chi connectivity index (χ3v) is 2.60. The van der Waals surface area contributed by atoms with Crippen LogP contribution in [0.5, 0.6) is 0 Å². The van der Waals surface area contributed by atoms with Crippen molar-refractivity contribution >= 4 is 12.0 Å². The fourth-order valence-corrected chi connectivity index (χ4v) is 1.56. The Morgan fingerprint density at radius 2 is 1.67 bits per heavy atom. The Kier molecular flexibility index (Phi) is 3.92. The number of amides is 1. The van der Waals surface area contributed by atoms with Gasteiger partial charge >= 0.3 is 0 Å². The van der Waals surface area contributed by atoms with Gasteiger partial charge < -0.3 is 5.32 Å². The number of nitrogens with one attached hydrogen (secondary N) is 1. The lowest BCUT2D eigenvalue weighted by Gasteiger charge is -1.99. The minimum atomic E-state index is -0.0982. The Morgan fingerprint density at radius 1 is 1.00 bits per heavy atom. The van der Waals surface area contributed by atoms with Crippen molar-refractivity contribution in [1.82, 2.24) is 5.32 Å². The van der Waals surface area contributed by atoms with Crippen molar-refractivity contribution in [3.63, 3.8) is 0 Å². The predicted octanol–water partition coefficient (Wildman–Crippen LogP) is 3.40. The molecule has 0 aromatic heterocycles. The molecule has 1 amide bonds. The van der Waals surface area contributed by atoms with E-state index in [0.717, 1.165) is 5.56 Å². The van der Waals surface area contributed by atoms with Crippen LogP contribution in [-0.2, 0) is 0 Å². The van der Waals surface area contributed by atoms with E-state index in [0.29, 0.717) is 5.56 Å². The van der Waals surface area contributed by atoms with Crippen LogP contribution < -0.4 is 5.32 Å². The van der Waals surface area contributed by atoms with Crippen LogP contribution in [0.25, 0.3) is 6.08 Å². The van der Waals surface area contributed by atoms with E-state index in [2.05, 4.69) is 5.32 Å². The van der Waals surface area contributed by atoms with Gasteiger partial charge in [0.2, 0.25) is 0 Å². The number of benzene rings is 2. The highest BCUT2D eigenvalue weighted by atomic mass is 16.1. The van der Waals surface area contributed by atoms with E-state index in [1.807, 2.05) is 55.5 Å². The predicted molar refractivity (Wildman–Crippen MR) is 74.1 cm³/mol. The molecule has 0 saturated carbocycles. The Bertz CT molecular complexity index is 541. The molecule has 0 bridgehead atoms. The van der Waals surface area contributed by atoms with Crippen LogP contribution in [0.3, 0.4) is 0 Å². The minimum absolute atomic E-state index is 0.0982. The molecule has 2 aromatic rings. The summed E-state index contributed by atoms with van der Waals surface area (Å²) in [6.07, 6.45) is 3.54. The summed E-state index contributed by atoms with van der Waals surface area (Å²) in [5, 5.41) is 2.74. The van der Waals surface area contributed by atoms with E-state index < -0.39 is 0 Å². The van der Waals surface area contributed by atoms with Crippen LogP contribution >= 0.6 is 0 Å². The molecule has 0 fully saturated rings. The molecule has 0 unspecified atom stereocenters. The summed E-state index contributed by atoms with van der Waals surface area (Å²) in [7, 11) is 0. The Morgan fingerprint density at radius 3 is 2.33 bits per heavy atom. The van der Waals surface area contributed by atoms with Crippen molar-refractivity contribution in [2.24, 2.45) is 0 Å². The van der Waals surface area contributed by atoms with Gasteiger partial charge in [-0.25, -0.2) is 0 Å². The zero-order chi connectivity index (χ0) is 12.8. The van der Waals surface area contributed by atoms with Gasteiger partial charge in [0.15, 0.2) is 0 Å². The molecule has 0 aliphatic carbocycles. The first kappa shape index (κ1) is 12.1. The topological polar surface area (TPSA) is 29.1 Å². The summed E-state index contributed by atoms with van der Waals surface area (Å²) in [4.78, 5) is 11.7. The fraction of sp³-hybridized carbons (Fsp3) is 0.0625. The molecule has 0 heterocycles. The maximum absolute atomic E-state index is 11.7. The molecular formula is C16H15NO. The molecule has 18 heavy (non-hydrogen) atoms. The molecule has 2 nitrogen and oxygen atoms in total. The first-order valence-electron chi connectivity index (χ1n) is 5.85. The van der Waals surface area contributed by atoms with Gasteiger partial charge in [-0.2, -0.15) is 0 Å². The van der Waals surface area contributed by atoms with Gasteiger partial charge in [0.25, 0.3) is 5.91 Å². The van der Waals surface area contributed by atoms with Gasteiger partial charge in [-0.3, -0.25) is 4.79 Å². The second-order valence-electron chi connectivity index (χ2n) is 4.08. The lowest BCUT2D eigenvalue weighted by atomic mass is 10.1. The zero-order valence-electron chi connectivity index (χ0n) is 10.3. The zero-order valence-corrected chi connectivity index (χ0v) is 10.3. The summed E-state index contributed by atoms with van der Waals surface area (Å²) in [5.41, 5.74) is 2.94. The van der Waals surface area contributed by atoms with Crippen molar-refractivity contribution in [1.29, 1.82) is 0 Å². The molecule has 2 rings (SSSR count). The second kappa shape index (κ2) is 5.82. The molecule has 1 N–H and O–H groups in total. The van der Waals surface area contributed by atoms with Gasteiger partial charge in [-0.15, -0.1) is 0 Å². The standard InChI is InChI=1S/C16H15NO/c1-13-7-9-14(10-8-13)11-12-17-16(18)15-5-3-2-4-6-15/h2-12H,1H3,(H,17,18). The third kappa shape index (κ3) is 3.32. The average molecular weight is 237 g/mol. The van der Waals surface area contributed by atoms with Crippen molar-refractivity contribution in [3.8, 4) is 0 Å². The summed E-state index contributed by atoms with van der Waals surface area (Å²) in [6.45, 7) is 2.05. The lowest BCUT2D eigenvalue weighted by Crippen LogP contribution is -2.16. The summed E-state index contributed by atoms with van der Waals surface area (Å²) in [6, 6.07) is 17.3. The second-order valence-corrected chi connectivity index (χ2v) is 4.08. The van der Waals surface area contributed by atoms with E-state index in [1.165, 1.54) is 5.56 Å². The Hall–Kier alpha value is -2.35. The monoisotopic (exact) mass is 237 g/mol. The van der Waals surface area contributed by atoms with Gasteiger partial charge in [-0.05, 0) is 30.7 Å². The summed E-state index contributed by atoms with van der Waals surface area (Å²) >= 11 is 0. The highest BCUT2D eigenvalue weighted by Gasteiger charge is 2.00. The van der Waals surface area contributed by atoms with Crippen molar-refractivity contribution in [2.45, 2.75) is 6.92 Å². The molecule has 0 radical (unpaired) electrons. The first-order chi connectivity index (χ1) is 8.75. The third-order valence-electron chi connectivity index (χ3n) is 2.60. The SMILES string of the molecule is Cc1ccc(C=CNC(=O)c2ccccc2)cc1. The van der Waals surface area contributed by atoms with Gasteiger partial charge in [0.1, 0.15) is 0 Å². The largest absolute Gasteiger partial charge is 0.329 e. The maximum atomic E-state index is 11.7. The van der Waals surface area contributed by atoms with Crippen LogP contribution in [0.1, 0.15) is 21.5 Å². The van der Waals surface area contributed by atoms with Crippen molar-refractivity contribution < 1.29 is 4.79 Å². The van der Waals surface area contributed by atoms with Crippen LogP contribution in [0.15, 0.2) is 60.8 Å². The molecule has 0 saturated heterocycles. The van der Waals surface area contributed by atoms with Gasteiger partial charge in [-0.1, -0.05) is 48.0 Å². The van der Waals surface area contributed by atoms with Crippen LogP contribution in [0.2, 0.25) is 0 Å². The average Bonchev–Trinajstić information content (AvgIpc) is 2.42. The molecule has 2 aromatic carbocycles. The van der Waals surface area contributed by atoms with Gasteiger partial charge in [0.05, 0.1) is 0 Å². The molecule has 0 aliphatic rings. The summed E-state index contributed by atoms with van der Waals surface area (Å²) in [5.74, 6) is -0.0982. The highest BCUT2D eigenvalue weighted by molar-refractivity contribution is 5.95. The normalized spacial score (nSPS) is 10.5. The van der Waals surface area contributed by atoms with Crippen molar-refractivity contribution in [3.05, 3.63) is 77.5 Å². The quantitative estimate of drug-likeness (QED) is 0.871. The molecule has 0 aliphatic heterocycles. The number of carbonyl (C=O) groups excluding carboxylic acids is 1. The van der Waals surface area contributed by atoms with Crippen molar-refractivity contribution in [2.75, 3.05) is 0 Å². The highest BCUT2D eigenvalue weighted by Crippen LogP contribution is 2.04. The molecular weight excluding hydrogens is 222 g/mol. The minimum Gasteiger partial charge on any atom is -0.329 e. The molecule has 0 spiro atoms. The smallest absolute Gasteiger partial charge is 0.255 e. The maximum Gasteiger partial charge on any atom is 0.255 e. The molecule has 2 heteroatoms. The van der Waals surface area contributed by atoms with Crippen LogP contribution in [0, 0.1) is 6.92 Å². The van der Waals surface area contributed by atoms with E-state index in [9.17, 15) is 4.79 Å². The number of hydrogen-bond donors (Lipinski definition) is 1. The Balaban J connectivity index is 1.96. The summed E-state index contributed by atoms with van der Waals surface area (Å²) < 4.78 is 0. The number of aryl methyl sites for hydroxylation is 1.